The van der Waals surface area contributed by atoms with Gasteiger partial charge in [-0.05, 0) is 43.1 Å². The Kier molecular flexibility index (Phi) is 4.26. The molecule has 1 aromatic carbocycles. The molecule has 0 aliphatic rings. The zero-order chi connectivity index (χ0) is 13.0. The number of ether oxygens (including phenoxy) is 1. The highest BCUT2D eigenvalue weighted by Crippen LogP contribution is 2.25. The van der Waals surface area contributed by atoms with Crippen LogP contribution in [0.3, 0.4) is 0 Å². The number of benzene rings is 1. The van der Waals surface area contributed by atoms with Gasteiger partial charge in [0.15, 0.2) is 0 Å². The van der Waals surface area contributed by atoms with E-state index < -0.39 is 0 Å². The molecule has 0 bridgehead atoms. The third-order valence-corrected chi connectivity index (χ3v) is 2.99. The molecule has 0 atom stereocenters. The Morgan fingerprint density at radius 1 is 1.33 bits per heavy atom. The van der Waals surface area contributed by atoms with E-state index in [9.17, 15) is 0 Å². The lowest BCUT2D eigenvalue weighted by Crippen LogP contribution is -2.21. The maximum atomic E-state index is 5.56. The molecular formula is C15H21NO2. The fraction of sp³-hybridized carbons (Fsp3) is 0.467. The van der Waals surface area contributed by atoms with Gasteiger partial charge in [-0.25, -0.2) is 0 Å². The van der Waals surface area contributed by atoms with E-state index in [2.05, 4.69) is 25.2 Å². The molecule has 0 saturated heterocycles. The molecule has 0 unspecified atom stereocenters. The van der Waals surface area contributed by atoms with Crippen LogP contribution < -0.4 is 10.1 Å². The number of hydrogen-bond donors (Lipinski definition) is 1. The Bertz CT molecular complexity index is 502. The van der Waals surface area contributed by atoms with Crippen LogP contribution in [0.4, 0.5) is 0 Å². The van der Waals surface area contributed by atoms with Gasteiger partial charge in [0.05, 0.1) is 13.4 Å². The van der Waals surface area contributed by atoms with Crippen molar-refractivity contribution in [1.29, 1.82) is 0 Å². The Hall–Kier alpha value is -1.48. The molecular weight excluding hydrogens is 226 g/mol. The van der Waals surface area contributed by atoms with E-state index in [1.54, 1.807) is 7.11 Å². The quantitative estimate of drug-likeness (QED) is 0.796. The highest BCUT2D eigenvalue weighted by Gasteiger charge is 2.06. The van der Waals surface area contributed by atoms with Crippen LogP contribution in [0.1, 0.15) is 19.4 Å². The summed E-state index contributed by atoms with van der Waals surface area (Å²) in [5.74, 6) is 1.52. The number of fused-ring (bicyclic) bond motifs is 1. The summed E-state index contributed by atoms with van der Waals surface area (Å²) in [6, 6.07) is 5.97. The van der Waals surface area contributed by atoms with Crippen molar-refractivity contribution in [3.05, 3.63) is 30.0 Å². The highest BCUT2D eigenvalue weighted by molar-refractivity contribution is 5.82. The molecule has 2 rings (SSSR count). The number of hydrogen-bond acceptors (Lipinski definition) is 3. The molecule has 3 heteroatoms. The number of methoxy groups -OCH3 is 1. The van der Waals surface area contributed by atoms with E-state index in [4.69, 9.17) is 9.15 Å². The standard InChI is InChI=1S/C15H21NO2/c1-11(2)9-16-7-6-12-10-18-15-8-13(17-3)4-5-14(12)15/h4-5,8,10-11,16H,6-7,9H2,1-3H3. The van der Waals surface area contributed by atoms with Crippen molar-refractivity contribution in [2.24, 2.45) is 5.92 Å². The fourth-order valence-electron chi connectivity index (χ4n) is 2.00. The topological polar surface area (TPSA) is 34.4 Å². The largest absolute Gasteiger partial charge is 0.497 e. The normalized spacial score (nSPS) is 11.3. The molecule has 1 N–H and O–H groups in total. The molecule has 0 saturated carbocycles. The van der Waals surface area contributed by atoms with E-state index in [-0.39, 0.29) is 0 Å². The first kappa shape index (κ1) is 13.0. The van der Waals surface area contributed by atoms with Gasteiger partial charge >= 0.3 is 0 Å². The fourth-order valence-corrected chi connectivity index (χ4v) is 2.00. The molecule has 18 heavy (non-hydrogen) atoms. The first-order chi connectivity index (χ1) is 8.70. The number of rotatable bonds is 6. The van der Waals surface area contributed by atoms with Gasteiger partial charge in [-0.1, -0.05) is 13.8 Å². The lowest BCUT2D eigenvalue weighted by Gasteiger charge is -2.06. The second-order valence-corrected chi connectivity index (χ2v) is 4.97. The lowest BCUT2D eigenvalue weighted by atomic mass is 10.1. The minimum absolute atomic E-state index is 0.690. The van der Waals surface area contributed by atoms with Crippen molar-refractivity contribution in [1.82, 2.24) is 5.32 Å². The molecule has 1 aromatic heterocycles. The summed E-state index contributed by atoms with van der Waals surface area (Å²) in [5.41, 5.74) is 2.15. The van der Waals surface area contributed by atoms with Crippen molar-refractivity contribution >= 4 is 11.0 Å². The summed E-state index contributed by atoms with van der Waals surface area (Å²) < 4.78 is 10.7. The van der Waals surface area contributed by atoms with Gasteiger partial charge in [0.1, 0.15) is 11.3 Å². The smallest absolute Gasteiger partial charge is 0.137 e. The van der Waals surface area contributed by atoms with Crippen molar-refractivity contribution < 1.29 is 9.15 Å². The van der Waals surface area contributed by atoms with E-state index >= 15 is 0 Å². The maximum absolute atomic E-state index is 5.56. The van der Waals surface area contributed by atoms with Crippen LogP contribution in [0.2, 0.25) is 0 Å². The van der Waals surface area contributed by atoms with Crippen LogP contribution in [-0.4, -0.2) is 20.2 Å². The summed E-state index contributed by atoms with van der Waals surface area (Å²) in [7, 11) is 1.67. The molecule has 0 radical (unpaired) electrons. The van der Waals surface area contributed by atoms with E-state index in [0.29, 0.717) is 5.92 Å². The molecule has 0 fully saturated rings. The average molecular weight is 247 g/mol. The van der Waals surface area contributed by atoms with Gasteiger partial charge in [-0.15, -0.1) is 0 Å². The van der Waals surface area contributed by atoms with Crippen LogP contribution in [0.25, 0.3) is 11.0 Å². The van der Waals surface area contributed by atoms with Crippen LogP contribution in [-0.2, 0) is 6.42 Å². The Balaban J connectivity index is 2.01. The first-order valence-corrected chi connectivity index (χ1v) is 6.45. The predicted octanol–water partition coefficient (Wildman–Crippen LogP) is 3.23. The summed E-state index contributed by atoms with van der Waals surface area (Å²) >= 11 is 0. The van der Waals surface area contributed by atoms with Gasteiger partial charge in [0.25, 0.3) is 0 Å². The molecule has 98 valence electrons. The predicted molar refractivity (Wildman–Crippen MR) is 74.2 cm³/mol. The third kappa shape index (κ3) is 3.05. The molecule has 0 amide bonds. The van der Waals surface area contributed by atoms with Gasteiger partial charge in [0.2, 0.25) is 0 Å². The average Bonchev–Trinajstić information content (AvgIpc) is 2.76. The maximum Gasteiger partial charge on any atom is 0.137 e. The zero-order valence-corrected chi connectivity index (χ0v) is 11.3. The van der Waals surface area contributed by atoms with Gasteiger partial charge in [-0.2, -0.15) is 0 Å². The second-order valence-electron chi connectivity index (χ2n) is 4.97. The third-order valence-electron chi connectivity index (χ3n) is 2.99. The Morgan fingerprint density at radius 3 is 2.89 bits per heavy atom. The Labute approximate surface area is 108 Å². The minimum atomic E-state index is 0.690. The summed E-state index contributed by atoms with van der Waals surface area (Å²) in [6.45, 7) is 6.47. The van der Waals surface area contributed by atoms with Crippen molar-refractivity contribution in [3.63, 3.8) is 0 Å². The lowest BCUT2D eigenvalue weighted by molar-refractivity contribution is 0.414. The van der Waals surface area contributed by atoms with Gasteiger partial charge in [-0.3, -0.25) is 0 Å². The number of furan rings is 1. The molecule has 3 nitrogen and oxygen atoms in total. The molecule has 0 aliphatic heterocycles. The molecule has 1 heterocycles. The van der Waals surface area contributed by atoms with Crippen molar-refractivity contribution in [2.75, 3.05) is 20.2 Å². The summed E-state index contributed by atoms with van der Waals surface area (Å²) in [4.78, 5) is 0. The first-order valence-electron chi connectivity index (χ1n) is 6.45. The Morgan fingerprint density at radius 2 is 2.17 bits per heavy atom. The van der Waals surface area contributed by atoms with Crippen LogP contribution in [0.5, 0.6) is 5.75 Å². The van der Waals surface area contributed by atoms with E-state index in [1.807, 2.05) is 18.4 Å². The SMILES string of the molecule is COc1ccc2c(CCNCC(C)C)coc2c1. The van der Waals surface area contributed by atoms with Crippen LogP contribution >= 0.6 is 0 Å². The van der Waals surface area contributed by atoms with Crippen molar-refractivity contribution in [2.45, 2.75) is 20.3 Å². The van der Waals surface area contributed by atoms with Crippen LogP contribution in [0, 0.1) is 5.92 Å². The molecule has 2 aromatic rings. The van der Waals surface area contributed by atoms with Crippen molar-refractivity contribution in [3.8, 4) is 5.75 Å². The van der Waals surface area contributed by atoms with E-state index in [0.717, 1.165) is 30.8 Å². The van der Waals surface area contributed by atoms with Gasteiger partial charge < -0.3 is 14.5 Å². The molecule has 0 spiro atoms. The molecule has 0 aliphatic carbocycles. The van der Waals surface area contributed by atoms with E-state index in [1.165, 1.54) is 10.9 Å². The summed E-state index contributed by atoms with van der Waals surface area (Å²) in [5, 5.41) is 4.63. The summed E-state index contributed by atoms with van der Waals surface area (Å²) in [6.07, 6.45) is 2.84. The van der Waals surface area contributed by atoms with Gasteiger partial charge in [0, 0.05) is 11.5 Å². The second kappa shape index (κ2) is 5.91. The van der Waals surface area contributed by atoms with Crippen LogP contribution in [0.15, 0.2) is 28.9 Å². The zero-order valence-electron chi connectivity index (χ0n) is 11.3. The minimum Gasteiger partial charge on any atom is -0.497 e. The monoisotopic (exact) mass is 247 g/mol. The number of nitrogens with one attached hydrogen (secondary N) is 1. The highest BCUT2D eigenvalue weighted by atomic mass is 16.5.